The van der Waals surface area contributed by atoms with E-state index in [4.69, 9.17) is 4.74 Å². The maximum Gasteiger partial charge on any atom is 0.331 e. The third kappa shape index (κ3) is 2.83. The van der Waals surface area contributed by atoms with E-state index in [0.29, 0.717) is 13.0 Å². The van der Waals surface area contributed by atoms with Gasteiger partial charge in [-0.2, -0.15) is 0 Å². The molecule has 0 saturated heterocycles. The summed E-state index contributed by atoms with van der Waals surface area (Å²) < 4.78 is 5.26. The number of fused-ring (bicyclic) bond motifs is 1. The van der Waals surface area contributed by atoms with Crippen molar-refractivity contribution in [2.75, 3.05) is 13.7 Å². The first kappa shape index (κ1) is 16.6. The van der Waals surface area contributed by atoms with Crippen molar-refractivity contribution in [3.63, 3.8) is 0 Å². The molecule has 1 N–H and O–H groups in total. The minimum atomic E-state index is -0.968. The summed E-state index contributed by atoms with van der Waals surface area (Å²) in [6, 6.07) is 14.4. The van der Waals surface area contributed by atoms with Crippen LogP contribution in [0.1, 0.15) is 35.1 Å². The lowest BCUT2D eigenvalue weighted by Crippen LogP contribution is -2.44. The quantitative estimate of drug-likeness (QED) is 0.919. The van der Waals surface area contributed by atoms with Crippen LogP contribution in [0.25, 0.3) is 0 Å². The van der Waals surface area contributed by atoms with Crippen LogP contribution in [0.3, 0.4) is 0 Å². The van der Waals surface area contributed by atoms with Gasteiger partial charge in [0, 0.05) is 12.5 Å². The lowest BCUT2D eigenvalue weighted by atomic mass is 9.92. The smallest absolute Gasteiger partial charge is 0.331 e. The summed E-state index contributed by atoms with van der Waals surface area (Å²) >= 11 is 0. The maximum atomic E-state index is 13.1. The van der Waals surface area contributed by atoms with Crippen LogP contribution in [-0.4, -0.2) is 35.5 Å². The SMILES string of the molecule is COc1cccc(C2CC2C(=O)N2CCc3ccccc3C2C(=O)O)c1. The third-order valence-corrected chi connectivity index (χ3v) is 5.43. The van der Waals surface area contributed by atoms with Gasteiger partial charge in [0.25, 0.3) is 0 Å². The molecule has 3 atom stereocenters. The molecule has 2 aliphatic rings. The molecule has 4 rings (SSSR count). The number of carbonyl (C=O) groups excluding carboxylic acids is 1. The average molecular weight is 351 g/mol. The van der Waals surface area contributed by atoms with Crippen molar-refractivity contribution in [2.24, 2.45) is 5.92 Å². The monoisotopic (exact) mass is 351 g/mol. The summed E-state index contributed by atoms with van der Waals surface area (Å²) in [5, 5.41) is 9.75. The number of aliphatic carboxylic acids is 1. The van der Waals surface area contributed by atoms with Gasteiger partial charge in [-0.05, 0) is 47.6 Å². The molecule has 0 spiro atoms. The lowest BCUT2D eigenvalue weighted by Gasteiger charge is -2.35. The van der Waals surface area contributed by atoms with Gasteiger partial charge < -0.3 is 14.7 Å². The van der Waals surface area contributed by atoms with E-state index < -0.39 is 12.0 Å². The van der Waals surface area contributed by atoms with E-state index in [1.165, 1.54) is 0 Å². The van der Waals surface area contributed by atoms with E-state index in [1.54, 1.807) is 12.0 Å². The number of hydrogen-bond donors (Lipinski definition) is 1. The molecule has 1 fully saturated rings. The number of amides is 1. The molecule has 2 aromatic rings. The minimum absolute atomic E-state index is 0.0558. The maximum absolute atomic E-state index is 13.1. The van der Waals surface area contributed by atoms with Crippen LogP contribution < -0.4 is 4.74 Å². The summed E-state index contributed by atoms with van der Waals surface area (Å²) in [4.78, 5) is 26.5. The van der Waals surface area contributed by atoms with Crippen LogP contribution in [-0.2, 0) is 16.0 Å². The molecule has 0 radical (unpaired) electrons. The fourth-order valence-electron chi connectivity index (χ4n) is 3.99. The first-order valence-corrected chi connectivity index (χ1v) is 8.85. The molecule has 5 heteroatoms. The van der Waals surface area contributed by atoms with E-state index in [-0.39, 0.29) is 17.7 Å². The molecule has 2 aromatic carbocycles. The van der Waals surface area contributed by atoms with Gasteiger partial charge in [-0.25, -0.2) is 4.79 Å². The van der Waals surface area contributed by atoms with Gasteiger partial charge in [0.2, 0.25) is 5.91 Å². The molecule has 1 saturated carbocycles. The molecule has 1 aliphatic carbocycles. The van der Waals surface area contributed by atoms with Gasteiger partial charge in [0.1, 0.15) is 5.75 Å². The Morgan fingerprint density at radius 2 is 1.96 bits per heavy atom. The standard InChI is InChI=1S/C21H21NO4/c1-26-15-7-4-6-14(11-15)17-12-18(17)20(23)22-10-9-13-5-2-3-8-16(13)19(22)21(24)25/h2-8,11,17-19H,9-10,12H2,1H3,(H,24,25). The van der Waals surface area contributed by atoms with Crippen molar-refractivity contribution in [2.45, 2.75) is 24.8 Å². The van der Waals surface area contributed by atoms with Gasteiger partial charge in [-0.1, -0.05) is 36.4 Å². The van der Waals surface area contributed by atoms with E-state index >= 15 is 0 Å². The van der Waals surface area contributed by atoms with E-state index in [0.717, 1.165) is 28.9 Å². The number of carboxylic acids is 1. The van der Waals surface area contributed by atoms with Crippen molar-refractivity contribution in [1.29, 1.82) is 0 Å². The van der Waals surface area contributed by atoms with Crippen LogP contribution in [0.4, 0.5) is 0 Å². The zero-order chi connectivity index (χ0) is 18.3. The predicted octanol–water partition coefficient (Wildman–Crippen LogP) is 3.01. The summed E-state index contributed by atoms with van der Waals surface area (Å²) in [6.07, 6.45) is 1.46. The Morgan fingerprint density at radius 3 is 2.73 bits per heavy atom. The molecule has 1 amide bonds. The van der Waals surface area contributed by atoms with Crippen molar-refractivity contribution < 1.29 is 19.4 Å². The molecule has 5 nitrogen and oxygen atoms in total. The Bertz CT molecular complexity index is 863. The molecule has 0 aromatic heterocycles. The fourth-order valence-corrected chi connectivity index (χ4v) is 3.99. The minimum Gasteiger partial charge on any atom is -0.497 e. The zero-order valence-electron chi connectivity index (χ0n) is 14.6. The number of methoxy groups -OCH3 is 1. The van der Waals surface area contributed by atoms with Gasteiger partial charge in [-0.15, -0.1) is 0 Å². The lowest BCUT2D eigenvalue weighted by molar-refractivity contribution is -0.151. The number of nitrogens with zero attached hydrogens (tertiary/aromatic N) is 1. The number of carboxylic acid groups (broad SMARTS) is 1. The van der Waals surface area contributed by atoms with Crippen molar-refractivity contribution in [1.82, 2.24) is 4.90 Å². The fraction of sp³-hybridized carbons (Fsp3) is 0.333. The Balaban J connectivity index is 1.56. The summed E-state index contributed by atoms with van der Waals surface area (Å²) in [7, 11) is 1.62. The molecule has 134 valence electrons. The molecule has 0 bridgehead atoms. The summed E-state index contributed by atoms with van der Waals surface area (Å²) in [6.45, 7) is 0.453. The molecule has 1 aliphatic heterocycles. The van der Waals surface area contributed by atoms with Crippen molar-refractivity contribution in [3.05, 3.63) is 65.2 Å². The summed E-state index contributed by atoms with van der Waals surface area (Å²) in [5.74, 6) is -0.252. The Labute approximate surface area is 152 Å². The van der Waals surface area contributed by atoms with Crippen LogP contribution in [0.15, 0.2) is 48.5 Å². The average Bonchev–Trinajstić information content (AvgIpc) is 3.47. The Morgan fingerprint density at radius 1 is 1.15 bits per heavy atom. The zero-order valence-corrected chi connectivity index (χ0v) is 14.6. The normalized spacial score (nSPS) is 23.9. The third-order valence-electron chi connectivity index (χ3n) is 5.43. The summed E-state index contributed by atoms with van der Waals surface area (Å²) in [5.41, 5.74) is 2.83. The largest absolute Gasteiger partial charge is 0.497 e. The number of carbonyl (C=O) groups is 2. The number of rotatable bonds is 4. The number of ether oxygens (including phenoxy) is 1. The highest BCUT2D eigenvalue weighted by molar-refractivity contribution is 5.89. The number of hydrogen-bond acceptors (Lipinski definition) is 3. The Hall–Kier alpha value is -2.82. The van der Waals surface area contributed by atoms with E-state index in [2.05, 4.69) is 0 Å². The highest BCUT2D eigenvalue weighted by atomic mass is 16.5. The van der Waals surface area contributed by atoms with Crippen molar-refractivity contribution >= 4 is 11.9 Å². The second kappa shape index (κ2) is 6.48. The topological polar surface area (TPSA) is 66.8 Å². The van der Waals surface area contributed by atoms with Crippen LogP contribution >= 0.6 is 0 Å². The van der Waals surface area contributed by atoms with Crippen LogP contribution in [0.2, 0.25) is 0 Å². The van der Waals surface area contributed by atoms with E-state index in [1.807, 2.05) is 48.5 Å². The second-order valence-electron chi connectivity index (χ2n) is 6.95. The van der Waals surface area contributed by atoms with Crippen LogP contribution in [0, 0.1) is 5.92 Å². The first-order valence-electron chi connectivity index (χ1n) is 8.85. The van der Waals surface area contributed by atoms with Gasteiger partial charge in [0.15, 0.2) is 6.04 Å². The van der Waals surface area contributed by atoms with Crippen molar-refractivity contribution in [3.8, 4) is 5.75 Å². The molecule has 1 heterocycles. The van der Waals surface area contributed by atoms with Gasteiger partial charge >= 0.3 is 5.97 Å². The van der Waals surface area contributed by atoms with Gasteiger partial charge in [0.05, 0.1) is 7.11 Å². The molecular weight excluding hydrogens is 330 g/mol. The molecule has 3 unspecified atom stereocenters. The first-order chi connectivity index (χ1) is 12.6. The molecular formula is C21H21NO4. The van der Waals surface area contributed by atoms with Crippen LogP contribution in [0.5, 0.6) is 5.75 Å². The second-order valence-corrected chi connectivity index (χ2v) is 6.95. The molecule has 26 heavy (non-hydrogen) atoms. The van der Waals surface area contributed by atoms with Gasteiger partial charge in [-0.3, -0.25) is 4.79 Å². The highest BCUT2D eigenvalue weighted by Gasteiger charge is 2.48. The Kier molecular flexibility index (Phi) is 4.15. The van der Waals surface area contributed by atoms with E-state index in [9.17, 15) is 14.7 Å². The highest BCUT2D eigenvalue weighted by Crippen LogP contribution is 2.50. The number of benzene rings is 2. The predicted molar refractivity (Wildman–Crippen MR) is 96.1 cm³/mol.